The number of nitrogens with zero attached hydrogens (tertiary/aromatic N) is 3. The van der Waals surface area contributed by atoms with E-state index in [2.05, 4.69) is 14.9 Å². The maximum absolute atomic E-state index is 13.3. The quantitative estimate of drug-likeness (QED) is 0.524. The maximum Gasteiger partial charge on any atom is 0.262 e. The van der Waals surface area contributed by atoms with Crippen molar-refractivity contribution in [3.05, 3.63) is 67.0 Å². The highest BCUT2D eigenvalue weighted by Crippen LogP contribution is 2.33. The second-order valence-electron chi connectivity index (χ2n) is 6.46. The van der Waals surface area contributed by atoms with Gasteiger partial charge in [-0.2, -0.15) is 0 Å². The molecule has 0 aliphatic carbocycles. The normalized spacial score (nSPS) is 11.5. The minimum absolute atomic E-state index is 0.185. The molecule has 0 spiro atoms. The van der Waals surface area contributed by atoms with Gasteiger partial charge < -0.3 is 9.30 Å². The number of hydrogen-bond donors (Lipinski definition) is 1. The third kappa shape index (κ3) is 3.54. The van der Waals surface area contributed by atoms with Gasteiger partial charge >= 0.3 is 0 Å². The Kier molecular flexibility index (Phi) is 4.94. The van der Waals surface area contributed by atoms with Crippen LogP contribution in [0, 0.1) is 0 Å². The van der Waals surface area contributed by atoms with Gasteiger partial charge in [0.2, 0.25) is 0 Å². The van der Waals surface area contributed by atoms with Crippen LogP contribution in [0.2, 0.25) is 0 Å². The molecule has 4 aromatic rings. The average Bonchev–Trinajstić information content (AvgIpc) is 3.14. The van der Waals surface area contributed by atoms with Crippen LogP contribution in [0.1, 0.15) is 6.92 Å². The van der Waals surface area contributed by atoms with Crippen molar-refractivity contribution in [3.63, 3.8) is 0 Å². The molecule has 0 saturated heterocycles. The number of anilines is 1. The third-order valence-electron chi connectivity index (χ3n) is 4.56. The van der Waals surface area contributed by atoms with Gasteiger partial charge in [0, 0.05) is 23.4 Å². The molecule has 4 rings (SSSR count). The lowest BCUT2D eigenvalue weighted by Gasteiger charge is -2.15. The lowest BCUT2D eigenvalue weighted by molar-refractivity contribution is 0.344. The molecule has 0 bridgehead atoms. The smallest absolute Gasteiger partial charge is 0.262 e. The van der Waals surface area contributed by atoms with E-state index in [1.54, 1.807) is 54.3 Å². The summed E-state index contributed by atoms with van der Waals surface area (Å²) < 4.78 is 36.7. The molecule has 0 saturated carbocycles. The summed E-state index contributed by atoms with van der Waals surface area (Å²) in [7, 11) is -2.05. The first kappa shape index (κ1) is 18.9. The molecule has 0 atom stereocenters. The molecule has 0 radical (unpaired) electrons. The van der Waals surface area contributed by atoms with E-state index in [9.17, 15) is 8.42 Å². The highest BCUT2D eigenvalue weighted by atomic mass is 32.2. The van der Waals surface area contributed by atoms with Crippen LogP contribution in [0.4, 0.5) is 5.69 Å². The van der Waals surface area contributed by atoms with Crippen LogP contribution in [-0.2, 0) is 17.1 Å². The summed E-state index contributed by atoms with van der Waals surface area (Å²) in [5.41, 5.74) is 1.08. The Hall–Kier alpha value is -3.39. The first-order valence-corrected chi connectivity index (χ1v) is 10.6. The monoisotopic (exact) mass is 408 g/mol. The number of benzene rings is 3. The number of fused-ring (bicyclic) bond motifs is 1. The van der Waals surface area contributed by atoms with Crippen molar-refractivity contribution < 1.29 is 13.2 Å². The Morgan fingerprint density at radius 1 is 1.00 bits per heavy atom. The lowest BCUT2D eigenvalue weighted by Crippen LogP contribution is -2.14. The highest BCUT2D eigenvalue weighted by Gasteiger charge is 2.21. The molecular formula is C21H20N4O3S. The Labute approximate surface area is 169 Å². The van der Waals surface area contributed by atoms with Crippen LogP contribution in [0.15, 0.2) is 71.9 Å². The molecule has 1 aromatic heterocycles. The predicted molar refractivity (Wildman–Crippen MR) is 112 cm³/mol. The molecule has 29 heavy (non-hydrogen) atoms. The number of hydrogen-bond acceptors (Lipinski definition) is 5. The van der Waals surface area contributed by atoms with Gasteiger partial charge in [-0.3, -0.25) is 4.72 Å². The molecule has 0 amide bonds. The topological polar surface area (TPSA) is 86.1 Å². The summed E-state index contributed by atoms with van der Waals surface area (Å²) in [4.78, 5) is 0.185. The molecule has 0 fully saturated rings. The van der Waals surface area contributed by atoms with Crippen molar-refractivity contribution in [3.8, 4) is 17.1 Å². The maximum atomic E-state index is 13.3. The predicted octanol–water partition coefficient (Wildman–Crippen LogP) is 3.83. The van der Waals surface area contributed by atoms with Crippen LogP contribution in [0.25, 0.3) is 22.2 Å². The van der Waals surface area contributed by atoms with Gasteiger partial charge in [-0.25, -0.2) is 8.42 Å². The van der Waals surface area contributed by atoms with Crippen LogP contribution in [0.5, 0.6) is 5.75 Å². The van der Waals surface area contributed by atoms with Gasteiger partial charge in [-0.1, -0.05) is 36.4 Å². The second-order valence-corrected chi connectivity index (χ2v) is 8.11. The van der Waals surface area contributed by atoms with Crippen molar-refractivity contribution >= 4 is 26.5 Å². The number of nitrogens with one attached hydrogen (secondary N) is 1. The van der Waals surface area contributed by atoms with Gasteiger partial charge in [0.05, 0.1) is 17.2 Å². The highest BCUT2D eigenvalue weighted by molar-refractivity contribution is 7.93. The first-order valence-electron chi connectivity index (χ1n) is 9.12. The van der Waals surface area contributed by atoms with Crippen LogP contribution in [-0.4, -0.2) is 29.8 Å². The minimum Gasteiger partial charge on any atom is -0.493 e. The van der Waals surface area contributed by atoms with Crippen molar-refractivity contribution in [2.45, 2.75) is 11.8 Å². The first-order chi connectivity index (χ1) is 14.0. The van der Waals surface area contributed by atoms with Crippen LogP contribution >= 0.6 is 0 Å². The number of aromatic nitrogens is 3. The SMILES string of the molecule is CCOc1ccc(S(=O)(=O)Nc2ccccc2-c2nncn2C)c2ccccc12. The number of sulfonamides is 1. The molecule has 0 aliphatic rings. The Balaban J connectivity index is 1.81. The van der Waals surface area contributed by atoms with E-state index < -0.39 is 10.0 Å². The number of ether oxygens (including phenoxy) is 1. The summed E-state index contributed by atoms with van der Waals surface area (Å²) in [6.07, 6.45) is 1.57. The van der Waals surface area contributed by atoms with Crippen molar-refractivity contribution in [1.29, 1.82) is 0 Å². The summed E-state index contributed by atoms with van der Waals surface area (Å²) >= 11 is 0. The van der Waals surface area contributed by atoms with Crippen LogP contribution < -0.4 is 9.46 Å². The van der Waals surface area contributed by atoms with E-state index in [1.807, 2.05) is 31.2 Å². The number of rotatable bonds is 6. The van der Waals surface area contributed by atoms with E-state index in [1.165, 1.54) is 0 Å². The molecule has 8 heteroatoms. The minimum atomic E-state index is -3.86. The summed E-state index contributed by atoms with van der Waals surface area (Å²) in [6, 6.07) is 17.7. The molecule has 0 unspecified atom stereocenters. The van der Waals surface area contributed by atoms with E-state index >= 15 is 0 Å². The van der Waals surface area contributed by atoms with Gasteiger partial charge in [0.15, 0.2) is 5.82 Å². The van der Waals surface area contributed by atoms with E-state index in [-0.39, 0.29) is 4.90 Å². The third-order valence-corrected chi connectivity index (χ3v) is 5.98. The van der Waals surface area contributed by atoms with E-state index in [4.69, 9.17) is 4.74 Å². The van der Waals surface area contributed by atoms with Gasteiger partial charge in [0.25, 0.3) is 10.0 Å². The molecule has 1 N–H and O–H groups in total. The zero-order valence-corrected chi connectivity index (χ0v) is 16.8. The zero-order chi connectivity index (χ0) is 20.4. The molecule has 3 aromatic carbocycles. The van der Waals surface area contributed by atoms with Crippen LogP contribution in [0.3, 0.4) is 0 Å². The standard InChI is InChI=1S/C21H20N4O3S/c1-3-28-19-12-13-20(16-9-5-4-8-15(16)19)29(26,27)24-18-11-7-6-10-17(18)21-23-22-14-25(21)2/h4-14,24H,3H2,1-2H3. The van der Waals surface area contributed by atoms with Crippen molar-refractivity contribution in [1.82, 2.24) is 14.8 Å². The van der Waals surface area contributed by atoms with Crippen molar-refractivity contribution in [2.24, 2.45) is 7.05 Å². The molecule has 0 aliphatic heterocycles. The molecule has 1 heterocycles. The summed E-state index contributed by atoms with van der Waals surface area (Å²) in [5, 5.41) is 9.32. The van der Waals surface area contributed by atoms with E-state index in [0.717, 1.165) is 5.39 Å². The lowest BCUT2D eigenvalue weighted by atomic mass is 10.1. The van der Waals surface area contributed by atoms with E-state index in [0.29, 0.717) is 34.8 Å². The zero-order valence-electron chi connectivity index (χ0n) is 16.0. The molecular weight excluding hydrogens is 388 g/mol. The number of aryl methyl sites for hydroxylation is 1. The fraction of sp³-hybridized carbons (Fsp3) is 0.143. The van der Waals surface area contributed by atoms with Crippen molar-refractivity contribution in [2.75, 3.05) is 11.3 Å². The fourth-order valence-corrected chi connectivity index (χ4v) is 4.55. The van der Waals surface area contributed by atoms with Gasteiger partial charge in [-0.05, 0) is 31.2 Å². The Morgan fingerprint density at radius 3 is 2.45 bits per heavy atom. The number of para-hydroxylation sites is 1. The summed E-state index contributed by atoms with van der Waals surface area (Å²) in [6.45, 7) is 2.39. The average molecular weight is 408 g/mol. The molecule has 148 valence electrons. The van der Waals surface area contributed by atoms with Gasteiger partial charge in [0.1, 0.15) is 12.1 Å². The Bertz CT molecular complexity index is 1280. The second kappa shape index (κ2) is 7.56. The molecule has 7 nitrogen and oxygen atoms in total. The Morgan fingerprint density at radius 2 is 1.72 bits per heavy atom. The van der Waals surface area contributed by atoms with Gasteiger partial charge in [-0.15, -0.1) is 10.2 Å². The fourth-order valence-electron chi connectivity index (χ4n) is 3.25. The largest absolute Gasteiger partial charge is 0.493 e. The summed E-state index contributed by atoms with van der Waals surface area (Å²) in [5.74, 6) is 1.22.